The molecule has 1 atom stereocenters. The van der Waals surface area contributed by atoms with Crippen LogP contribution in [0.25, 0.3) is 0 Å². The van der Waals surface area contributed by atoms with E-state index in [0.29, 0.717) is 0 Å². The molecule has 1 nitrogen and oxygen atoms in total. The van der Waals surface area contributed by atoms with Gasteiger partial charge in [0.2, 0.25) is 0 Å². The van der Waals surface area contributed by atoms with Crippen molar-refractivity contribution in [2.45, 2.75) is 22.7 Å². The highest BCUT2D eigenvalue weighted by Crippen LogP contribution is 2.30. The molecule has 0 N–H and O–H groups in total. The quantitative estimate of drug-likeness (QED) is 0.526. The van der Waals surface area contributed by atoms with Crippen molar-refractivity contribution in [2.75, 3.05) is 6.61 Å². The van der Waals surface area contributed by atoms with Crippen LogP contribution in [-0.4, -0.2) is 15.9 Å². The van der Waals surface area contributed by atoms with Gasteiger partial charge in [0.05, 0.1) is 6.61 Å². The van der Waals surface area contributed by atoms with Gasteiger partial charge in [-0.1, -0.05) is 44.0 Å². The van der Waals surface area contributed by atoms with Gasteiger partial charge in [0.25, 0.3) is 0 Å². The lowest BCUT2D eigenvalue weighted by molar-refractivity contribution is 0.0142. The van der Waals surface area contributed by atoms with E-state index in [1.54, 1.807) is 0 Å². The van der Waals surface area contributed by atoms with E-state index in [4.69, 9.17) is 4.74 Å². The highest BCUT2D eigenvalue weighted by atomic mass is 79.9. The van der Waals surface area contributed by atoms with E-state index >= 15 is 0 Å². The molecule has 0 saturated heterocycles. The molecule has 0 saturated carbocycles. The first kappa shape index (κ1) is 8.75. The molecule has 0 aromatic carbocycles. The summed E-state index contributed by atoms with van der Waals surface area (Å²) in [5.41, 5.74) is -0.168. The Balaban J connectivity index is 2.65. The summed E-state index contributed by atoms with van der Waals surface area (Å²) in [5.74, 6) is 0. The molecular formula is C7H10Br2O. The Morgan fingerprint density at radius 2 is 2.30 bits per heavy atom. The summed E-state index contributed by atoms with van der Waals surface area (Å²) in [6.45, 7) is 2.87. The maximum absolute atomic E-state index is 5.55. The smallest absolute Gasteiger partial charge is 0.106 e. The molecule has 1 aliphatic rings. The third-order valence-electron chi connectivity index (χ3n) is 1.58. The third-order valence-corrected chi connectivity index (χ3v) is 3.40. The van der Waals surface area contributed by atoms with E-state index < -0.39 is 0 Å². The molecule has 1 rings (SSSR count). The average molecular weight is 270 g/mol. The normalized spacial score (nSPS) is 33.2. The number of hydrogen-bond acceptors (Lipinski definition) is 1. The van der Waals surface area contributed by atoms with Gasteiger partial charge < -0.3 is 4.74 Å². The standard InChI is InChI=1S/C7H10Br2O/c1-7(6(8)9)4-2-3-5-10-7/h2,4,6H,3,5H2,1H3. The molecule has 58 valence electrons. The number of halogens is 2. The van der Waals surface area contributed by atoms with Gasteiger partial charge in [-0.05, 0) is 13.3 Å². The molecule has 0 aliphatic carbocycles. The predicted octanol–water partition coefficient (Wildman–Crippen LogP) is 2.84. The monoisotopic (exact) mass is 268 g/mol. The van der Waals surface area contributed by atoms with E-state index in [2.05, 4.69) is 50.9 Å². The molecule has 0 fully saturated rings. The molecule has 1 aliphatic heterocycles. The fourth-order valence-electron chi connectivity index (χ4n) is 0.848. The van der Waals surface area contributed by atoms with Crippen LogP contribution in [0.5, 0.6) is 0 Å². The first-order valence-corrected chi connectivity index (χ1v) is 5.08. The summed E-state index contributed by atoms with van der Waals surface area (Å²) in [7, 11) is 0. The zero-order valence-corrected chi connectivity index (χ0v) is 8.98. The van der Waals surface area contributed by atoms with Crippen molar-refractivity contribution in [3.8, 4) is 0 Å². The van der Waals surface area contributed by atoms with Crippen LogP contribution >= 0.6 is 31.9 Å². The molecule has 0 bridgehead atoms. The summed E-state index contributed by atoms with van der Waals surface area (Å²) < 4.78 is 5.74. The second-order valence-corrected chi connectivity index (χ2v) is 5.58. The highest BCUT2D eigenvalue weighted by Gasteiger charge is 2.30. The topological polar surface area (TPSA) is 9.23 Å². The lowest BCUT2D eigenvalue weighted by Gasteiger charge is -2.30. The summed E-state index contributed by atoms with van der Waals surface area (Å²) in [6.07, 6.45) is 5.27. The van der Waals surface area contributed by atoms with E-state index in [1.165, 1.54) is 0 Å². The van der Waals surface area contributed by atoms with E-state index in [1.807, 2.05) is 0 Å². The molecule has 0 aromatic rings. The minimum absolute atomic E-state index is 0.168. The van der Waals surface area contributed by atoms with Crippen LogP contribution in [0.3, 0.4) is 0 Å². The summed E-state index contributed by atoms with van der Waals surface area (Å²) in [6, 6.07) is 0. The fraction of sp³-hybridized carbons (Fsp3) is 0.714. The Morgan fingerprint density at radius 3 is 2.60 bits per heavy atom. The van der Waals surface area contributed by atoms with Gasteiger partial charge in [0.1, 0.15) is 9.34 Å². The van der Waals surface area contributed by atoms with Gasteiger partial charge in [-0.2, -0.15) is 0 Å². The van der Waals surface area contributed by atoms with E-state index in [-0.39, 0.29) is 9.34 Å². The van der Waals surface area contributed by atoms with Crippen molar-refractivity contribution in [2.24, 2.45) is 0 Å². The zero-order valence-electron chi connectivity index (χ0n) is 5.81. The van der Waals surface area contributed by atoms with Crippen LogP contribution in [0.15, 0.2) is 12.2 Å². The highest BCUT2D eigenvalue weighted by molar-refractivity contribution is 9.24. The molecule has 0 aromatic heterocycles. The lowest BCUT2D eigenvalue weighted by atomic mass is 10.1. The Bertz CT molecular complexity index is 145. The minimum atomic E-state index is -0.168. The van der Waals surface area contributed by atoms with Gasteiger partial charge in [-0.25, -0.2) is 0 Å². The van der Waals surface area contributed by atoms with Gasteiger partial charge in [-0.15, -0.1) is 0 Å². The maximum atomic E-state index is 5.55. The van der Waals surface area contributed by atoms with Crippen LogP contribution < -0.4 is 0 Å². The SMILES string of the molecule is CC1(C(Br)Br)C=CCCO1. The Hall–Kier alpha value is 0.660. The number of ether oxygens (including phenoxy) is 1. The van der Waals surface area contributed by atoms with Gasteiger partial charge in [-0.3, -0.25) is 0 Å². The maximum Gasteiger partial charge on any atom is 0.106 e. The summed E-state index contributed by atoms with van der Waals surface area (Å²) in [4.78, 5) is 0. The van der Waals surface area contributed by atoms with Crippen LogP contribution in [0.4, 0.5) is 0 Å². The van der Waals surface area contributed by atoms with Crippen molar-refractivity contribution < 1.29 is 4.74 Å². The van der Waals surface area contributed by atoms with Crippen LogP contribution in [-0.2, 0) is 4.74 Å². The van der Waals surface area contributed by atoms with Crippen molar-refractivity contribution in [3.05, 3.63) is 12.2 Å². The molecule has 0 spiro atoms. The van der Waals surface area contributed by atoms with E-state index in [9.17, 15) is 0 Å². The molecule has 0 radical (unpaired) electrons. The van der Waals surface area contributed by atoms with Gasteiger partial charge in [0.15, 0.2) is 0 Å². The van der Waals surface area contributed by atoms with E-state index in [0.717, 1.165) is 13.0 Å². The fourth-order valence-corrected chi connectivity index (χ4v) is 1.42. The Kier molecular flexibility index (Phi) is 2.95. The molecule has 1 heterocycles. The van der Waals surface area contributed by atoms with Crippen molar-refractivity contribution in [1.29, 1.82) is 0 Å². The lowest BCUT2D eigenvalue weighted by Crippen LogP contribution is -2.35. The van der Waals surface area contributed by atoms with Crippen molar-refractivity contribution in [1.82, 2.24) is 0 Å². The van der Waals surface area contributed by atoms with Gasteiger partial charge in [0, 0.05) is 0 Å². The summed E-state index contributed by atoms with van der Waals surface area (Å²) >= 11 is 6.86. The molecule has 10 heavy (non-hydrogen) atoms. The van der Waals surface area contributed by atoms with Crippen molar-refractivity contribution >= 4 is 31.9 Å². The first-order chi connectivity index (χ1) is 4.65. The molecule has 0 amide bonds. The zero-order chi connectivity index (χ0) is 7.61. The first-order valence-electron chi connectivity index (χ1n) is 3.25. The van der Waals surface area contributed by atoms with Gasteiger partial charge >= 0.3 is 0 Å². The van der Waals surface area contributed by atoms with Crippen LogP contribution in [0, 0.1) is 0 Å². The number of hydrogen-bond donors (Lipinski definition) is 0. The predicted molar refractivity (Wildman–Crippen MR) is 49.8 cm³/mol. The third kappa shape index (κ3) is 1.83. The average Bonchev–Trinajstić information content (AvgIpc) is 1.89. The van der Waals surface area contributed by atoms with Crippen LogP contribution in [0.2, 0.25) is 0 Å². The minimum Gasteiger partial charge on any atom is -0.369 e. The van der Waals surface area contributed by atoms with Crippen LogP contribution in [0.1, 0.15) is 13.3 Å². The number of alkyl halides is 2. The number of rotatable bonds is 1. The van der Waals surface area contributed by atoms with Crippen molar-refractivity contribution in [3.63, 3.8) is 0 Å². The summed E-state index contributed by atoms with van der Waals surface area (Å²) in [5, 5.41) is 0. The molecular weight excluding hydrogens is 260 g/mol. The Labute approximate surface area is 78.1 Å². The second-order valence-electron chi connectivity index (χ2n) is 2.52. The largest absolute Gasteiger partial charge is 0.369 e. The Morgan fingerprint density at radius 1 is 1.60 bits per heavy atom. The molecule has 3 heteroatoms. The second kappa shape index (κ2) is 3.37. The molecule has 1 unspecified atom stereocenters.